The Morgan fingerprint density at radius 3 is 2.44 bits per heavy atom. The Morgan fingerprint density at radius 2 is 1.76 bits per heavy atom. The van der Waals surface area contributed by atoms with Crippen LogP contribution in [-0.4, -0.2) is 51.4 Å². The lowest BCUT2D eigenvalue weighted by Crippen LogP contribution is -2.52. The van der Waals surface area contributed by atoms with Crippen molar-refractivity contribution >= 4 is 22.8 Å². The van der Waals surface area contributed by atoms with Gasteiger partial charge in [0.15, 0.2) is 11.6 Å². The highest BCUT2D eigenvalue weighted by atomic mass is 19.2. The number of aromatic amines is 1. The number of amides is 2. The van der Waals surface area contributed by atoms with Gasteiger partial charge in [0.05, 0.1) is 6.54 Å². The van der Waals surface area contributed by atoms with E-state index in [4.69, 9.17) is 0 Å². The third-order valence-electron chi connectivity index (χ3n) is 5.65. The number of fused-ring (bicyclic) bond motifs is 1. The van der Waals surface area contributed by atoms with Gasteiger partial charge in [-0.3, -0.25) is 14.5 Å². The molecule has 34 heavy (non-hydrogen) atoms. The normalized spacial score (nSPS) is 12.5. The van der Waals surface area contributed by atoms with E-state index in [-0.39, 0.29) is 37.5 Å². The second-order valence-corrected chi connectivity index (χ2v) is 8.91. The van der Waals surface area contributed by atoms with Crippen molar-refractivity contribution in [3.8, 4) is 0 Å². The standard InChI is InChI=1S/C25H31F2N5O2/c1-15(2)32(16(3)4)14-23(33)31-22(11-17-5-6-20(26)21(27)10-17)25(34)30-13-18-9-19-7-8-28-24(19)29-12-18/h5-10,12,15-16,22H,11,13-14H2,1-4H3,(H,28,29)(H,30,34)(H,31,33). The molecule has 0 aliphatic carbocycles. The fourth-order valence-electron chi connectivity index (χ4n) is 3.87. The highest BCUT2D eigenvalue weighted by molar-refractivity contribution is 5.88. The summed E-state index contributed by atoms with van der Waals surface area (Å²) in [5, 5.41) is 6.51. The Kier molecular flexibility index (Phi) is 8.33. The van der Waals surface area contributed by atoms with Gasteiger partial charge < -0.3 is 15.6 Å². The number of halogens is 2. The summed E-state index contributed by atoms with van der Waals surface area (Å²) < 4.78 is 27.1. The Balaban J connectivity index is 1.72. The minimum Gasteiger partial charge on any atom is -0.350 e. The maximum atomic E-state index is 13.7. The van der Waals surface area contributed by atoms with E-state index in [0.717, 1.165) is 28.7 Å². The summed E-state index contributed by atoms with van der Waals surface area (Å²) in [7, 11) is 0. The highest BCUT2D eigenvalue weighted by Gasteiger charge is 2.24. The number of aromatic nitrogens is 2. The maximum Gasteiger partial charge on any atom is 0.243 e. The molecule has 0 saturated heterocycles. The molecule has 0 saturated carbocycles. The van der Waals surface area contributed by atoms with Crippen LogP contribution in [0, 0.1) is 11.6 Å². The van der Waals surface area contributed by atoms with E-state index < -0.39 is 23.6 Å². The molecule has 182 valence electrons. The third-order valence-corrected chi connectivity index (χ3v) is 5.65. The van der Waals surface area contributed by atoms with Gasteiger partial charge in [0, 0.05) is 42.8 Å². The van der Waals surface area contributed by atoms with E-state index >= 15 is 0 Å². The van der Waals surface area contributed by atoms with Gasteiger partial charge >= 0.3 is 0 Å². The van der Waals surface area contributed by atoms with Gasteiger partial charge in [-0.1, -0.05) is 6.07 Å². The van der Waals surface area contributed by atoms with Crippen molar-refractivity contribution in [1.29, 1.82) is 0 Å². The Morgan fingerprint density at radius 1 is 1.03 bits per heavy atom. The molecule has 2 aromatic heterocycles. The summed E-state index contributed by atoms with van der Waals surface area (Å²) in [5.74, 6) is -2.71. The lowest BCUT2D eigenvalue weighted by Gasteiger charge is -2.30. The Bertz CT molecular complexity index is 1140. The number of rotatable bonds is 10. The van der Waals surface area contributed by atoms with Gasteiger partial charge in [0.2, 0.25) is 11.8 Å². The fourth-order valence-corrected chi connectivity index (χ4v) is 3.87. The van der Waals surface area contributed by atoms with Crippen LogP contribution in [0.25, 0.3) is 11.0 Å². The molecule has 3 aromatic rings. The second kappa shape index (κ2) is 11.2. The van der Waals surface area contributed by atoms with E-state index in [9.17, 15) is 18.4 Å². The van der Waals surface area contributed by atoms with E-state index in [1.54, 1.807) is 12.4 Å². The van der Waals surface area contributed by atoms with E-state index in [1.165, 1.54) is 6.07 Å². The van der Waals surface area contributed by atoms with Crippen LogP contribution < -0.4 is 10.6 Å². The molecule has 3 rings (SSSR count). The molecule has 7 nitrogen and oxygen atoms in total. The smallest absolute Gasteiger partial charge is 0.243 e. The molecule has 2 amide bonds. The Hall–Kier alpha value is -3.33. The number of carbonyl (C=O) groups is 2. The van der Waals surface area contributed by atoms with Crippen LogP contribution in [0.15, 0.2) is 42.7 Å². The molecule has 0 fully saturated rings. The average molecular weight is 472 g/mol. The topological polar surface area (TPSA) is 90.1 Å². The summed E-state index contributed by atoms with van der Waals surface area (Å²) in [6, 6.07) is 6.57. The quantitative estimate of drug-likeness (QED) is 0.423. The maximum absolute atomic E-state index is 13.7. The first-order valence-electron chi connectivity index (χ1n) is 11.3. The van der Waals surface area contributed by atoms with E-state index in [2.05, 4.69) is 20.6 Å². The third kappa shape index (κ3) is 6.60. The van der Waals surface area contributed by atoms with Crippen LogP contribution in [0.3, 0.4) is 0 Å². The zero-order valence-corrected chi connectivity index (χ0v) is 19.9. The molecule has 0 aliphatic rings. The molecule has 1 aromatic carbocycles. The number of hydrogen-bond acceptors (Lipinski definition) is 4. The lowest BCUT2D eigenvalue weighted by molar-refractivity contribution is -0.130. The zero-order valence-electron chi connectivity index (χ0n) is 19.9. The minimum absolute atomic E-state index is 0.0211. The van der Waals surface area contributed by atoms with Crippen molar-refractivity contribution in [3.63, 3.8) is 0 Å². The van der Waals surface area contributed by atoms with Crippen LogP contribution in [0.5, 0.6) is 0 Å². The highest BCUT2D eigenvalue weighted by Crippen LogP contribution is 2.13. The van der Waals surface area contributed by atoms with Crippen LogP contribution >= 0.6 is 0 Å². The minimum atomic E-state index is -1.00. The molecule has 1 unspecified atom stereocenters. The van der Waals surface area contributed by atoms with Crippen LogP contribution in [0.4, 0.5) is 8.78 Å². The predicted octanol–water partition coefficient (Wildman–Crippen LogP) is 3.30. The van der Waals surface area contributed by atoms with Crippen LogP contribution in [0.2, 0.25) is 0 Å². The molecule has 2 heterocycles. The van der Waals surface area contributed by atoms with Crippen LogP contribution in [-0.2, 0) is 22.6 Å². The summed E-state index contributed by atoms with van der Waals surface area (Å²) in [6.07, 6.45) is 3.46. The predicted molar refractivity (Wildman–Crippen MR) is 127 cm³/mol. The SMILES string of the molecule is CC(C)N(CC(=O)NC(Cc1ccc(F)c(F)c1)C(=O)NCc1cnc2[nH]ccc2c1)C(C)C. The van der Waals surface area contributed by atoms with Crippen molar-refractivity contribution in [1.82, 2.24) is 25.5 Å². The molecule has 0 radical (unpaired) electrons. The summed E-state index contributed by atoms with van der Waals surface area (Å²) in [4.78, 5) is 35.2. The zero-order chi connectivity index (χ0) is 24.8. The fraction of sp³-hybridized carbons (Fsp3) is 0.400. The van der Waals surface area contributed by atoms with Crippen molar-refractivity contribution in [2.45, 2.75) is 58.8 Å². The Labute approximate surface area is 197 Å². The number of hydrogen-bond donors (Lipinski definition) is 3. The van der Waals surface area contributed by atoms with Crippen molar-refractivity contribution < 1.29 is 18.4 Å². The molecule has 0 bridgehead atoms. The molecule has 3 N–H and O–H groups in total. The van der Waals surface area contributed by atoms with Gasteiger partial charge in [-0.25, -0.2) is 13.8 Å². The number of nitrogens with one attached hydrogen (secondary N) is 3. The van der Waals surface area contributed by atoms with Crippen LogP contribution in [0.1, 0.15) is 38.8 Å². The largest absolute Gasteiger partial charge is 0.350 e. The first-order valence-corrected chi connectivity index (χ1v) is 11.3. The first-order chi connectivity index (χ1) is 16.1. The monoisotopic (exact) mass is 471 g/mol. The molecular formula is C25H31F2N5O2. The average Bonchev–Trinajstić information content (AvgIpc) is 3.25. The van der Waals surface area contributed by atoms with Gasteiger partial charge in [0.25, 0.3) is 0 Å². The number of H-pyrrole nitrogens is 1. The van der Waals surface area contributed by atoms with E-state index in [1.807, 2.05) is 44.7 Å². The van der Waals surface area contributed by atoms with Crippen molar-refractivity contribution in [3.05, 3.63) is 65.5 Å². The molecular weight excluding hydrogens is 440 g/mol. The number of carbonyl (C=O) groups excluding carboxylic acids is 2. The lowest BCUT2D eigenvalue weighted by atomic mass is 10.0. The van der Waals surface area contributed by atoms with Gasteiger partial charge in [-0.15, -0.1) is 0 Å². The van der Waals surface area contributed by atoms with Crippen molar-refractivity contribution in [2.24, 2.45) is 0 Å². The van der Waals surface area contributed by atoms with Gasteiger partial charge in [-0.2, -0.15) is 0 Å². The number of nitrogens with zero attached hydrogens (tertiary/aromatic N) is 2. The summed E-state index contributed by atoms with van der Waals surface area (Å²) in [5.41, 5.74) is 1.95. The summed E-state index contributed by atoms with van der Waals surface area (Å²) >= 11 is 0. The molecule has 9 heteroatoms. The van der Waals surface area contributed by atoms with Gasteiger partial charge in [0.1, 0.15) is 11.7 Å². The van der Waals surface area contributed by atoms with Gasteiger partial charge in [-0.05, 0) is 63.1 Å². The summed E-state index contributed by atoms with van der Waals surface area (Å²) in [6.45, 7) is 8.30. The molecule has 0 aliphatic heterocycles. The van der Waals surface area contributed by atoms with E-state index in [0.29, 0.717) is 5.56 Å². The number of pyridine rings is 1. The molecule has 0 spiro atoms. The number of benzene rings is 1. The molecule has 1 atom stereocenters. The second-order valence-electron chi connectivity index (χ2n) is 8.91. The van der Waals surface area contributed by atoms with Crippen molar-refractivity contribution in [2.75, 3.05) is 6.54 Å². The first kappa shape index (κ1) is 25.3.